The molecule has 29 heavy (non-hydrogen) atoms. The van der Waals surface area contributed by atoms with Gasteiger partial charge in [0.1, 0.15) is 11.6 Å². The Hall–Kier alpha value is -3.24. The number of nitrogens with one attached hydrogen (secondary N) is 2. The number of amides is 1. The van der Waals surface area contributed by atoms with Crippen LogP contribution in [0.1, 0.15) is 10.7 Å². The third-order valence-electron chi connectivity index (χ3n) is 4.10. The molecule has 3 heterocycles. The van der Waals surface area contributed by atoms with Gasteiger partial charge in [-0.3, -0.25) is 4.79 Å². The summed E-state index contributed by atoms with van der Waals surface area (Å²) in [7, 11) is 0. The van der Waals surface area contributed by atoms with Gasteiger partial charge in [-0.2, -0.15) is 0 Å². The fourth-order valence-corrected chi connectivity index (χ4v) is 3.00. The van der Waals surface area contributed by atoms with E-state index >= 15 is 0 Å². The van der Waals surface area contributed by atoms with Crippen LogP contribution in [-0.4, -0.2) is 47.4 Å². The van der Waals surface area contributed by atoms with Crippen molar-refractivity contribution in [1.29, 1.82) is 0 Å². The molecule has 0 aliphatic carbocycles. The van der Waals surface area contributed by atoms with Crippen molar-refractivity contribution in [3.8, 4) is 0 Å². The normalized spacial score (nSPS) is 13.9. The molecule has 1 saturated heterocycles. The number of ether oxygens (including phenoxy) is 1. The number of pyridine rings is 1. The van der Waals surface area contributed by atoms with E-state index in [-0.39, 0.29) is 17.7 Å². The Morgan fingerprint density at radius 3 is 2.62 bits per heavy atom. The number of carbonyl (C=O) groups is 1. The molecule has 9 nitrogen and oxygen atoms in total. The quantitative estimate of drug-likeness (QED) is 0.651. The molecule has 0 radical (unpaired) electrons. The number of carbonyl (C=O) groups excluding carboxylic acids is 1. The highest BCUT2D eigenvalue weighted by Crippen LogP contribution is 2.27. The predicted molar refractivity (Wildman–Crippen MR) is 104 cm³/mol. The third kappa shape index (κ3) is 4.61. The van der Waals surface area contributed by atoms with Crippen molar-refractivity contribution in [2.45, 2.75) is 0 Å². The molecular weight excluding hydrogens is 403 g/mol. The van der Waals surface area contributed by atoms with E-state index in [1.807, 2.05) is 4.90 Å². The Labute approximate surface area is 169 Å². The molecular formula is C18H16ClFN6O3. The molecule has 1 amide bonds. The maximum atomic E-state index is 12.9. The molecule has 1 aliphatic heterocycles. The van der Waals surface area contributed by atoms with Crippen LogP contribution in [0.3, 0.4) is 0 Å². The van der Waals surface area contributed by atoms with Gasteiger partial charge in [-0.05, 0) is 30.3 Å². The molecule has 150 valence electrons. The van der Waals surface area contributed by atoms with Crippen molar-refractivity contribution in [2.24, 2.45) is 0 Å². The van der Waals surface area contributed by atoms with E-state index in [0.29, 0.717) is 48.5 Å². The van der Waals surface area contributed by atoms with Crippen LogP contribution in [0, 0.1) is 5.82 Å². The van der Waals surface area contributed by atoms with E-state index < -0.39 is 5.91 Å². The molecule has 2 aromatic heterocycles. The summed E-state index contributed by atoms with van der Waals surface area (Å²) in [6, 6.07) is 7.17. The highest BCUT2D eigenvalue weighted by molar-refractivity contribution is 6.33. The van der Waals surface area contributed by atoms with Crippen molar-refractivity contribution < 1.29 is 18.3 Å². The van der Waals surface area contributed by atoms with Crippen LogP contribution in [0.4, 0.5) is 27.6 Å². The lowest BCUT2D eigenvalue weighted by Gasteiger charge is -2.28. The number of benzene rings is 1. The molecule has 3 aromatic rings. The summed E-state index contributed by atoms with van der Waals surface area (Å²) in [6.45, 7) is 2.62. The molecule has 1 aliphatic rings. The number of anilines is 4. The van der Waals surface area contributed by atoms with Crippen molar-refractivity contribution in [3.05, 3.63) is 53.3 Å². The van der Waals surface area contributed by atoms with Gasteiger partial charge in [-0.15, -0.1) is 5.10 Å². The van der Waals surface area contributed by atoms with Crippen LogP contribution in [0.15, 0.2) is 40.9 Å². The van der Waals surface area contributed by atoms with Crippen LogP contribution >= 0.6 is 11.6 Å². The van der Waals surface area contributed by atoms with Gasteiger partial charge in [-0.25, -0.2) is 9.37 Å². The Kier molecular flexibility index (Phi) is 5.54. The number of morpholine rings is 1. The van der Waals surface area contributed by atoms with Crippen LogP contribution in [0.25, 0.3) is 0 Å². The summed E-state index contributed by atoms with van der Waals surface area (Å²) >= 11 is 6.31. The van der Waals surface area contributed by atoms with E-state index in [9.17, 15) is 9.18 Å². The van der Waals surface area contributed by atoms with E-state index in [1.165, 1.54) is 30.5 Å². The zero-order chi connectivity index (χ0) is 20.2. The summed E-state index contributed by atoms with van der Waals surface area (Å²) in [4.78, 5) is 18.7. The standard InChI is InChI=1S/C18H16ClFN6O3/c19-14-9-13(10-21-15(14)26-5-7-28-8-6-26)22-16(27)17-24-25-18(29-17)23-12-3-1-11(20)2-4-12/h1-4,9-10H,5-8H2,(H,22,27)(H,23,25). The van der Waals surface area contributed by atoms with Gasteiger partial charge in [0, 0.05) is 18.8 Å². The van der Waals surface area contributed by atoms with Crippen LogP contribution in [0.2, 0.25) is 5.02 Å². The first kappa shape index (κ1) is 19.1. The Morgan fingerprint density at radius 1 is 1.14 bits per heavy atom. The molecule has 0 unspecified atom stereocenters. The first-order valence-corrected chi connectivity index (χ1v) is 9.12. The summed E-state index contributed by atoms with van der Waals surface area (Å²) in [5.74, 6) is -0.589. The zero-order valence-corrected chi connectivity index (χ0v) is 15.8. The van der Waals surface area contributed by atoms with E-state index in [2.05, 4.69) is 25.8 Å². The molecule has 1 fully saturated rings. The molecule has 4 rings (SSSR count). The zero-order valence-electron chi connectivity index (χ0n) is 15.1. The summed E-state index contributed by atoms with van der Waals surface area (Å²) < 4.78 is 23.5. The van der Waals surface area contributed by atoms with Gasteiger partial charge in [0.25, 0.3) is 0 Å². The highest BCUT2D eigenvalue weighted by atomic mass is 35.5. The van der Waals surface area contributed by atoms with E-state index in [1.54, 1.807) is 6.07 Å². The van der Waals surface area contributed by atoms with Gasteiger partial charge in [0.2, 0.25) is 0 Å². The van der Waals surface area contributed by atoms with Crippen molar-refractivity contribution >= 4 is 40.7 Å². The first-order chi connectivity index (χ1) is 14.1. The van der Waals surface area contributed by atoms with Crippen molar-refractivity contribution in [1.82, 2.24) is 15.2 Å². The van der Waals surface area contributed by atoms with Gasteiger partial charge < -0.3 is 24.7 Å². The smallest absolute Gasteiger partial charge is 0.320 e. The molecule has 1 aromatic carbocycles. The minimum atomic E-state index is -0.610. The van der Waals surface area contributed by atoms with Gasteiger partial charge in [-0.1, -0.05) is 16.7 Å². The molecule has 11 heteroatoms. The highest BCUT2D eigenvalue weighted by Gasteiger charge is 2.18. The third-order valence-corrected chi connectivity index (χ3v) is 4.38. The Balaban J connectivity index is 1.41. The fourth-order valence-electron chi connectivity index (χ4n) is 2.71. The van der Waals surface area contributed by atoms with Crippen LogP contribution in [0.5, 0.6) is 0 Å². The maximum absolute atomic E-state index is 12.9. The second-order valence-electron chi connectivity index (χ2n) is 6.13. The second kappa shape index (κ2) is 8.41. The van der Waals surface area contributed by atoms with Gasteiger partial charge in [0.15, 0.2) is 0 Å². The Morgan fingerprint density at radius 2 is 1.90 bits per heavy atom. The predicted octanol–water partition coefficient (Wildman–Crippen LogP) is 3.09. The van der Waals surface area contributed by atoms with E-state index in [4.69, 9.17) is 20.8 Å². The molecule has 2 N–H and O–H groups in total. The fraction of sp³-hybridized carbons (Fsp3) is 0.222. The lowest BCUT2D eigenvalue weighted by Crippen LogP contribution is -2.36. The number of rotatable bonds is 5. The largest absolute Gasteiger partial charge is 0.399 e. The summed E-state index contributed by atoms with van der Waals surface area (Å²) in [5, 5.41) is 13.3. The van der Waals surface area contributed by atoms with E-state index in [0.717, 1.165) is 0 Å². The SMILES string of the molecule is O=C(Nc1cnc(N2CCOCC2)c(Cl)c1)c1nnc(Nc2ccc(F)cc2)o1. The average Bonchev–Trinajstić information content (AvgIpc) is 3.19. The average molecular weight is 419 g/mol. The molecule has 0 spiro atoms. The second-order valence-corrected chi connectivity index (χ2v) is 6.53. The first-order valence-electron chi connectivity index (χ1n) is 8.74. The number of aromatic nitrogens is 3. The molecule has 0 atom stereocenters. The number of nitrogens with zero attached hydrogens (tertiary/aromatic N) is 4. The number of hydrogen-bond acceptors (Lipinski definition) is 8. The van der Waals surface area contributed by atoms with Gasteiger partial charge >= 0.3 is 17.8 Å². The molecule has 0 saturated carbocycles. The molecule has 0 bridgehead atoms. The van der Waals surface area contributed by atoms with Crippen LogP contribution in [-0.2, 0) is 4.74 Å². The lowest BCUT2D eigenvalue weighted by molar-refractivity contribution is 0.0991. The minimum Gasteiger partial charge on any atom is -0.399 e. The summed E-state index contributed by atoms with van der Waals surface area (Å²) in [6.07, 6.45) is 1.50. The topological polar surface area (TPSA) is 105 Å². The Bertz CT molecular complexity index is 1010. The van der Waals surface area contributed by atoms with Crippen LogP contribution < -0.4 is 15.5 Å². The monoisotopic (exact) mass is 418 g/mol. The summed E-state index contributed by atoms with van der Waals surface area (Å²) in [5.41, 5.74) is 0.931. The minimum absolute atomic E-state index is 0.000538. The maximum Gasteiger partial charge on any atom is 0.320 e. The lowest BCUT2D eigenvalue weighted by atomic mass is 10.3. The van der Waals surface area contributed by atoms with Crippen molar-refractivity contribution in [2.75, 3.05) is 41.8 Å². The number of halogens is 2. The van der Waals surface area contributed by atoms with Gasteiger partial charge in [0.05, 0.1) is 30.1 Å². The van der Waals surface area contributed by atoms with Crippen molar-refractivity contribution in [3.63, 3.8) is 0 Å². The number of hydrogen-bond donors (Lipinski definition) is 2.